The van der Waals surface area contributed by atoms with Gasteiger partial charge in [-0.25, -0.2) is 9.98 Å². The lowest BCUT2D eigenvalue weighted by molar-refractivity contribution is 0.929. The van der Waals surface area contributed by atoms with Gasteiger partial charge in [0.05, 0.1) is 0 Å². The van der Waals surface area contributed by atoms with Crippen molar-refractivity contribution in [3.63, 3.8) is 0 Å². The number of hydrogen-bond donors (Lipinski definition) is 0. The summed E-state index contributed by atoms with van der Waals surface area (Å²) in [7, 11) is 0. The van der Waals surface area contributed by atoms with Crippen molar-refractivity contribution in [1.29, 1.82) is 0 Å². The average Bonchev–Trinajstić information content (AvgIpc) is 3.82. The van der Waals surface area contributed by atoms with Crippen LogP contribution in [0, 0.1) is 0 Å². The Hall–Kier alpha value is -4.46. The quantitative estimate of drug-likeness (QED) is 0.233. The van der Waals surface area contributed by atoms with Crippen LogP contribution in [0.1, 0.15) is 90.9 Å². The predicted molar refractivity (Wildman–Crippen MR) is 218 cm³/mol. The van der Waals surface area contributed by atoms with E-state index in [9.17, 15) is 0 Å². The molecule has 8 rings (SSSR count). The van der Waals surface area contributed by atoms with Gasteiger partial charge in [0.25, 0.3) is 0 Å². The van der Waals surface area contributed by atoms with E-state index in [1.54, 1.807) is 12.7 Å². The molecule has 0 aromatic carbocycles. The topological polar surface area (TPSA) is 98.9 Å². The van der Waals surface area contributed by atoms with E-state index < -0.39 is 0 Å². The first-order chi connectivity index (χ1) is 23.5. The third kappa shape index (κ3) is 37.7. The van der Waals surface area contributed by atoms with E-state index in [2.05, 4.69) is 101 Å². The highest BCUT2D eigenvalue weighted by Crippen LogP contribution is 2.05. The van der Waals surface area contributed by atoms with Crippen LogP contribution in [0.3, 0.4) is 0 Å². The monoisotopic (exact) mass is 652 g/mol. The first-order valence-electron chi connectivity index (χ1n) is 17.1. The van der Waals surface area contributed by atoms with Crippen LogP contribution in [0.25, 0.3) is 0 Å². The van der Waals surface area contributed by atoms with Gasteiger partial charge >= 0.3 is 0 Å². The minimum absolute atomic E-state index is 0. The van der Waals surface area contributed by atoms with E-state index in [1.165, 1.54) is 44.9 Å². The van der Waals surface area contributed by atoms with Crippen LogP contribution in [0.4, 0.5) is 0 Å². The molecule has 8 heteroatoms. The number of rotatable bonds is 0. The molecule has 0 saturated carbocycles. The van der Waals surface area contributed by atoms with Crippen LogP contribution < -0.4 is 0 Å². The molecule has 0 radical (unpaired) electrons. The fourth-order valence-corrected chi connectivity index (χ4v) is 3.62. The molecule has 0 aromatic heterocycles. The highest BCUT2D eigenvalue weighted by atomic mass is 14.9. The summed E-state index contributed by atoms with van der Waals surface area (Å²) in [4.78, 5) is 30.9. The van der Waals surface area contributed by atoms with Crippen LogP contribution in [0.15, 0.2) is 125 Å². The summed E-state index contributed by atoms with van der Waals surface area (Å²) >= 11 is 0. The van der Waals surface area contributed by atoms with Crippen molar-refractivity contribution in [3.05, 3.63) is 85.3 Å². The maximum atomic E-state index is 3.97. The van der Waals surface area contributed by atoms with Gasteiger partial charge in [0.15, 0.2) is 0 Å². The minimum Gasteiger partial charge on any atom is -0.293 e. The summed E-state index contributed by atoms with van der Waals surface area (Å²) in [5.41, 5.74) is 0. The normalized spacial score (nSPS) is 18.5. The van der Waals surface area contributed by atoms with Gasteiger partial charge in [0.2, 0.25) is 0 Å². The Balaban J connectivity index is 0.000000525. The van der Waals surface area contributed by atoms with Gasteiger partial charge in [-0.1, -0.05) is 68.2 Å². The maximum absolute atomic E-state index is 3.97. The molecular weight excluding hydrogens is 592 g/mol. The smallest absolute Gasteiger partial charge is 0.109 e. The highest BCUT2D eigenvalue weighted by Gasteiger charge is 1.85. The number of nitrogens with zero attached hydrogens (tertiary/aromatic N) is 8. The summed E-state index contributed by atoms with van der Waals surface area (Å²) < 4.78 is 0. The second-order valence-corrected chi connectivity index (χ2v) is 10.3. The summed E-state index contributed by atoms with van der Waals surface area (Å²) in [6, 6.07) is 0. The van der Waals surface area contributed by atoms with Crippen LogP contribution >= 0.6 is 0 Å². The molecule has 0 amide bonds. The van der Waals surface area contributed by atoms with E-state index in [4.69, 9.17) is 0 Å². The molecule has 48 heavy (non-hydrogen) atoms. The van der Waals surface area contributed by atoms with Gasteiger partial charge in [-0.15, -0.1) is 0 Å². The highest BCUT2D eigenvalue weighted by molar-refractivity contribution is 5.75. The Labute approximate surface area is 291 Å². The molecule has 6 heterocycles. The van der Waals surface area contributed by atoms with Crippen molar-refractivity contribution >= 4 is 50.0 Å². The maximum Gasteiger partial charge on any atom is 0.109 e. The fraction of sp³-hybridized carbons (Fsp3) is 0.450. The minimum atomic E-state index is 0. The Kier molecular flexibility index (Phi) is 36.8. The van der Waals surface area contributed by atoms with Gasteiger partial charge in [0, 0.05) is 88.7 Å². The van der Waals surface area contributed by atoms with Crippen LogP contribution in [-0.4, -0.2) is 76.1 Å². The zero-order valence-corrected chi connectivity index (χ0v) is 28.3. The number of dihydropyridines is 2. The molecule has 8 aliphatic rings. The summed E-state index contributed by atoms with van der Waals surface area (Å²) in [5, 5.41) is 0. The Bertz CT molecular complexity index is 846. The fourth-order valence-electron chi connectivity index (χ4n) is 3.62. The first-order valence-corrected chi connectivity index (χ1v) is 17.1. The standard InChI is InChI=1S/C6H8.4C5H7N.C5H8.2C4H6N2.CH4/c5*1-2-4-6-5-3-1;1-2-4-5-3-1;2*1-2-5-4-6-3-1;/h1-4H,5-6H2;2*2,4-5H,1,3H2;2*1-2,4H,3,5H2;1-2H,3-5H2;2*2,4H,1,3H2;1H4. The number of hydrogen-bond acceptors (Lipinski definition) is 8. The zero-order valence-electron chi connectivity index (χ0n) is 28.3. The average molecular weight is 653 g/mol. The molecule has 6 aliphatic heterocycles. The second kappa shape index (κ2) is 40.6. The van der Waals surface area contributed by atoms with Gasteiger partial charge in [-0.3, -0.25) is 30.0 Å². The number of aliphatic imine (C=N–C) groups is 8. The summed E-state index contributed by atoms with van der Waals surface area (Å²) in [5.74, 6) is 0. The molecule has 260 valence electrons. The van der Waals surface area contributed by atoms with E-state index >= 15 is 0 Å². The molecule has 0 fully saturated rings. The molecule has 8 nitrogen and oxygen atoms in total. The molecular formula is C40H60N8. The van der Waals surface area contributed by atoms with E-state index in [-0.39, 0.29) is 7.43 Å². The van der Waals surface area contributed by atoms with Gasteiger partial charge in [0.1, 0.15) is 12.7 Å². The van der Waals surface area contributed by atoms with Crippen molar-refractivity contribution in [2.75, 3.05) is 26.2 Å². The lowest BCUT2D eigenvalue weighted by Gasteiger charge is -1.88. The van der Waals surface area contributed by atoms with E-state index in [0.29, 0.717) is 0 Å². The SMILES string of the molecule is C.C1=CCCC1.C1=CCCC=C1.C1=CCCN=C1.C1=CCCN=C1.C1=CN=CCC1.C1=CN=CCC1.C1=NC=NCC1.C1=NC=NCC1. The van der Waals surface area contributed by atoms with Crippen molar-refractivity contribution in [1.82, 2.24) is 0 Å². The largest absolute Gasteiger partial charge is 0.293 e. The van der Waals surface area contributed by atoms with E-state index in [0.717, 1.165) is 64.7 Å². The van der Waals surface area contributed by atoms with Crippen LogP contribution in [-0.2, 0) is 0 Å². The van der Waals surface area contributed by atoms with Crippen LogP contribution in [0.5, 0.6) is 0 Å². The van der Waals surface area contributed by atoms with Gasteiger partial charge < -0.3 is 0 Å². The second-order valence-electron chi connectivity index (χ2n) is 10.3. The Morgan fingerprint density at radius 1 is 0.312 bits per heavy atom. The zero-order chi connectivity index (χ0) is 33.2. The summed E-state index contributed by atoms with van der Waals surface area (Å²) in [6.07, 6.45) is 58.8. The molecule has 2 aliphatic carbocycles. The lowest BCUT2D eigenvalue weighted by atomic mass is 10.2. The van der Waals surface area contributed by atoms with Gasteiger partial charge in [-0.05, 0) is 82.8 Å². The summed E-state index contributed by atoms with van der Waals surface area (Å²) in [6.45, 7) is 3.81. The van der Waals surface area contributed by atoms with Crippen molar-refractivity contribution < 1.29 is 0 Å². The van der Waals surface area contributed by atoms with E-state index in [1.807, 2.05) is 61.8 Å². The third-order valence-electron chi connectivity index (χ3n) is 6.10. The Morgan fingerprint density at radius 3 is 0.833 bits per heavy atom. The number of allylic oxidation sites excluding steroid dienone is 10. The molecule has 0 atom stereocenters. The molecule has 0 spiro atoms. The van der Waals surface area contributed by atoms with Crippen molar-refractivity contribution in [2.45, 2.75) is 90.9 Å². The molecule has 0 N–H and O–H groups in total. The molecule has 0 unspecified atom stereocenters. The Morgan fingerprint density at radius 2 is 0.729 bits per heavy atom. The van der Waals surface area contributed by atoms with Crippen LogP contribution in [0.2, 0.25) is 0 Å². The van der Waals surface area contributed by atoms with Gasteiger partial charge in [-0.2, -0.15) is 0 Å². The third-order valence-corrected chi connectivity index (χ3v) is 6.10. The molecule has 0 saturated heterocycles. The lowest BCUT2D eigenvalue weighted by Crippen LogP contribution is -1.87. The molecule has 0 bridgehead atoms. The van der Waals surface area contributed by atoms with Crippen molar-refractivity contribution in [3.8, 4) is 0 Å². The van der Waals surface area contributed by atoms with Crippen molar-refractivity contribution in [2.24, 2.45) is 39.9 Å². The predicted octanol–water partition coefficient (Wildman–Crippen LogP) is 10.00. The first kappa shape index (κ1) is 43.5. The molecule has 0 aromatic rings.